The van der Waals surface area contributed by atoms with Crippen molar-refractivity contribution in [3.05, 3.63) is 65.2 Å². The first-order chi connectivity index (χ1) is 13.7. The van der Waals surface area contributed by atoms with Gasteiger partial charge in [-0.05, 0) is 72.3 Å². The van der Waals surface area contributed by atoms with Gasteiger partial charge < -0.3 is 15.0 Å². The van der Waals surface area contributed by atoms with E-state index in [1.807, 2.05) is 12.1 Å². The van der Waals surface area contributed by atoms with Gasteiger partial charge in [0.05, 0.1) is 7.11 Å². The summed E-state index contributed by atoms with van der Waals surface area (Å²) in [6.45, 7) is 0.877. The smallest absolute Gasteiger partial charge is 0.178 e. The van der Waals surface area contributed by atoms with Crippen LogP contribution in [0.1, 0.15) is 43.2 Å². The van der Waals surface area contributed by atoms with Crippen LogP contribution in [0.3, 0.4) is 0 Å². The number of hydrogen-bond donors (Lipinski definition) is 1. The number of rotatable bonds is 2. The van der Waals surface area contributed by atoms with Crippen LogP contribution in [0.25, 0.3) is 5.70 Å². The summed E-state index contributed by atoms with van der Waals surface area (Å²) in [6.07, 6.45) is 7.74. The fourth-order valence-electron chi connectivity index (χ4n) is 5.29. The van der Waals surface area contributed by atoms with Crippen molar-refractivity contribution in [1.82, 2.24) is 5.32 Å². The highest BCUT2D eigenvalue weighted by Crippen LogP contribution is 2.52. The Kier molecular flexibility index (Phi) is 4.39. The number of hydrogen-bond acceptors (Lipinski definition) is 2. The fourth-order valence-corrected chi connectivity index (χ4v) is 5.56. The lowest BCUT2D eigenvalue weighted by Crippen LogP contribution is -2.50. The highest BCUT2D eigenvalue weighted by Gasteiger charge is 2.44. The first-order valence-corrected chi connectivity index (χ1v) is 10.7. The summed E-state index contributed by atoms with van der Waals surface area (Å²) in [5, 5.41) is 4.41. The van der Waals surface area contributed by atoms with Gasteiger partial charge >= 0.3 is 0 Å². The quantitative estimate of drug-likeness (QED) is 0.703. The second kappa shape index (κ2) is 6.93. The summed E-state index contributed by atoms with van der Waals surface area (Å²) in [5.74, 6) is 0.870. The van der Waals surface area contributed by atoms with Gasteiger partial charge in [0.25, 0.3) is 0 Å². The minimum absolute atomic E-state index is 0.274. The molecule has 28 heavy (non-hydrogen) atoms. The van der Waals surface area contributed by atoms with E-state index < -0.39 is 0 Å². The number of thiocarbonyl (C=S) groups is 1. The predicted molar refractivity (Wildman–Crippen MR) is 119 cm³/mol. The maximum atomic E-state index is 5.81. The van der Waals surface area contributed by atoms with Gasteiger partial charge in [0.2, 0.25) is 0 Å². The van der Waals surface area contributed by atoms with E-state index in [-0.39, 0.29) is 5.41 Å². The van der Waals surface area contributed by atoms with Crippen LogP contribution in [-0.2, 0) is 6.42 Å². The summed E-state index contributed by atoms with van der Waals surface area (Å²) in [5.41, 5.74) is 7.03. The van der Waals surface area contributed by atoms with Crippen molar-refractivity contribution in [2.45, 2.75) is 38.5 Å². The molecule has 0 saturated heterocycles. The molecule has 2 aliphatic carbocycles. The van der Waals surface area contributed by atoms with Crippen LogP contribution in [0.15, 0.2) is 54.1 Å². The summed E-state index contributed by atoms with van der Waals surface area (Å²) in [6, 6.07) is 17.1. The SMILES string of the molecule is COc1ccc(N2CC3=C(NC2=S)c2ccccc2CC32CCCCC2)cc1. The van der Waals surface area contributed by atoms with Gasteiger partial charge in [-0.3, -0.25) is 0 Å². The standard InChI is InChI=1S/C24H26N2OS/c1-27-19-11-9-18(10-12-19)26-16-21-22(25-23(26)28)20-8-4-3-7-17(20)15-24(21)13-5-2-6-14-24/h3-4,7-12H,2,5-6,13-16H2,1H3,(H,25,28). The van der Waals surface area contributed by atoms with Gasteiger partial charge in [-0.25, -0.2) is 0 Å². The maximum Gasteiger partial charge on any atom is 0.178 e. The van der Waals surface area contributed by atoms with E-state index in [1.54, 1.807) is 12.7 Å². The molecule has 0 atom stereocenters. The number of fused-ring (bicyclic) bond motifs is 3. The van der Waals surface area contributed by atoms with Gasteiger partial charge in [-0.1, -0.05) is 43.5 Å². The first-order valence-electron chi connectivity index (χ1n) is 10.2. The van der Waals surface area contributed by atoms with Crippen molar-refractivity contribution >= 4 is 28.7 Å². The maximum absolute atomic E-state index is 5.81. The molecule has 0 radical (unpaired) electrons. The third-order valence-electron chi connectivity index (χ3n) is 6.75. The zero-order valence-corrected chi connectivity index (χ0v) is 17.1. The van der Waals surface area contributed by atoms with E-state index in [1.165, 1.54) is 48.9 Å². The number of nitrogens with one attached hydrogen (secondary N) is 1. The van der Waals surface area contributed by atoms with Gasteiger partial charge in [0, 0.05) is 23.5 Å². The van der Waals surface area contributed by atoms with Crippen LogP contribution in [0.4, 0.5) is 5.69 Å². The lowest BCUT2D eigenvalue weighted by Gasteiger charge is -2.48. The summed E-state index contributed by atoms with van der Waals surface area (Å²) >= 11 is 5.81. The molecule has 2 aromatic carbocycles. The fraction of sp³-hybridized carbons (Fsp3) is 0.375. The molecular weight excluding hydrogens is 364 g/mol. The van der Waals surface area contributed by atoms with Crippen LogP contribution >= 0.6 is 12.2 Å². The Hall–Kier alpha value is -2.33. The molecule has 3 aliphatic rings. The minimum atomic E-state index is 0.274. The van der Waals surface area contributed by atoms with Gasteiger partial charge in [0.1, 0.15) is 5.75 Å². The molecular formula is C24H26N2OS. The van der Waals surface area contributed by atoms with E-state index in [0.29, 0.717) is 0 Å². The van der Waals surface area contributed by atoms with E-state index >= 15 is 0 Å². The van der Waals surface area contributed by atoms with Crippen molar-refractivity contribution in [2.24, 2.45) is 5.41 Å². The van der Waals surface area contributed by atoms with Gasteiger partial charge in [-0.2, -0.15) is 0 Å². The van der Waals surface area contributed by atoms with Crippen molar-refractivity contribution in [2.75, 3.05) is 18.6 Å². The topological polar surface area (TPSA) is 24.5 Å². The molecule has 0 aromatic heterocycles. The van der Waals surface area contributed by atoms with Crippen molar-refractivity contribution in [1.29, 1.82) is 0 Å². The largest absolute Gasteiger partial charge is 0.497 e. The number of benzene rings is 2. The molecule has 1 spiro atoms. The molecule has 1 aliphatic heterocycles. The zero-order chi connectivity index (χ0) is 19.1. The third-order valence-corrected chi connectivity index (χ3v) is 7.07. The summed E-state index contributed by atoms with van der Waals surface area (Å²) < 4.78 is 5.32. The number of nitrogens with zero attached hydrogens (tertiary/aromatic N) is 1. The molecule has 1 saturated carbocycles. The molecule has 144 valence electrons. The summed E-state index contributed by atoms with van der Waals surface area (Å²) in [7, 11) is 1.70. The number of methoxy groups -OCH3 is 1. The average Bonchev–Trinajstić information content (AvgIpc) is 2.74. The second-order valence-corrected chi connectivity index (χ2v) is 8.63. The van der Waals surface area contributed by atoms with E-state index in [9.17, 15) is 0 Å². The molecule has 1 fully saturated rings. The van der Waals surface area contributed by atoms with Crippen molar-refractivity contribution in [3.63, 3.8) is 0 Å². The Balaban J connectivity index is 1.59. The lowest BCUT2D eigenvalue weighted by atomic mass is 9.61. The molecule has 1 heterocycles. The average molecular weight is 391 g/mol. The lowest BCUT2D eigenvalue weighted by molar-refractivity contribution is 0.231. The molecule has 1 N–H and O–H groups in total. The zero-order valence-electron chi connectivity index (χ0n) is 16.3. The Morgan fingerprint density at radius 3 is 2.50 bits per heavy atom. The van der Waals surface area contributed by atoms with Crippen LogP contribution in [0.2, 0.25) is 0 Å². The van der Waals surface area contributed by atoms with Crippen LogP contribution in [0, 0.1) is 5.41 Å². The Morgan fingerprint density at radius 2 is 1.75 bits per heavy atom. The Bertz CT molecular complexity index is 941. The third kappa shape index (κ3) is 2.82. The van der Waals surface area contributed by atoms with E-state index in [4.69, 9.17) is 17.0 Å². The van der Waals surface area contributed by atoms with Crippen molar-refractivity contribution in [3.8, 4) is 5.75 Å². The van der Waals surface area contributed by atoms with E-state index in [2.05, 4.69) is 46.6 Å². The van der Waals surface area contributed by atoms with Crippen LogP contribution < -0.4 is 15.0 Å². The van der Waals surface area contributed by atoms with Gasteiger partial charge in [-0.15, -0.1) is 0 Å². The molecule has 0 bridgehead atoms. The molecule has 2 aromatic rings. The van der Waals surface area contributed by atoms with Crippen molar-refractivity contribution < 1.29 is 4.74 Å². The second-order valence-electron chi connectivity index (χ2n) is 8.24. The molecule has 0 unspecified atom stereocenters. The van der Waals surface area contributed by atoms with Gasteiger partial charge in [0.15, 0.2) is 5.11 Å². The highest BCUT2D eigenvalue weighted by atomic mass is 32.1. The van der Waals surface area contributed by atoms with Crippen LogP contribution in [0.5, 0.6) is 5.75 Å². The van der Waals surface area contributed by atoms with Crippen LogP contribution in [-0.4, -0.2) is 18.8 Å². The monoisotopic (exact) mass is 390 g/mol. The summed E-state index contributed by atoms with van der Waals surface area (Å²) in [4.78, 5) is 2.25. The molecule has 5 rings (SSSR count). The Morgan fingerprint density at radius 1 is 1.00 bits per heavy atom. The highest BCUT2D eigenvalue weighted by molar-refractivity contribution is 7.80. The minimum Gasteiger partial charge on any atom is -0.497 e. The van der Waals surface area contributed by atoms with E-state index in [0.717, 1.165) is 29.5 Å². The first kappa shape index (κ1) is 17.7. The predicted octanol–water partition coefficient (Wildman–Crippen LogP) is 5.31. The molecule has 3 nitrogen and oxygen atoms in total. The Labute approximate surface area is 172 Å². The number of anilines is 1. The normalized spacial score (nSPS) is 20.5. The number of ether oxygens (including phenoxy) is 1. The molecule has 4 heteroatoms. The molecule has 0 amide bonds.